The average Bonchev–Trinajstić information content (AvgIpc) is 2.67. The number of aryl methyl sites for hydroxylation is 2. The van der Waals surface area contributed by atoms with Crippen LogP contribution in [0.15, 0.2) is 18.2 Å². The average molecular weight is 292 g/mol. The van der Waals surface area contributed by atoms with Crippen molar-refractivity contribution in [2.24, 2.45) is 7.05 Å². The summed E-state index contributed by atoms with van der Waals surface area (Å²) >= 11 is 5.97. The largest absolute Gasteiger partial charge is 0.506 e. The molecular formula is C14H14ClN3O2. The molecule has 1 aliphatic heterocycles. The number of phenolic OH excluding ortho intramolecular Hbond substituents is 1. The van der Waals surface area contributed by atoms with E-state index in [2.05, 4.69) is 10.4 Å². The van der Waals surface area contributed by atoms with Crippen LogP contribution in [0, 0.1) is 6.92 Å². The van der Waals surface area contributed by atoms with Crippen molar-refractivity contribution in [1.29, 1.82) is 0 Å². The number of nitrogens with one attached hydrogen (secondary N) is 1. The molecule has 3 rings (SSSR count). The van der Waals surface area contributed by atoms with E-state index in [-0.39, 0.29) is 22.6 Å². The van der Waals surface area contributed by atoms with E-state index in [1.54, 1.807) is 29.9 Å². The SMILES string of the molecule is Cc1nn(C)c2c1C(c1ccc(O)c(Cl)c1)CC(=O)N2. The second-order valence-corrected chi connectivity index (χ2v) is 5.39. The van der Waals surface area contributed by atoms with Gasteiger partial charge in [-0.1, -0.05) is 17.7 Å². The highest BCUT2D eigenvalue weighted by Gasteiger charge is 2.31. The summed E-state index contributed by atoms with van der Waals surface area (Å²) in [5.74, 6) is 0.631. The molecule has 0 fully saturated rings. The molecule has 0 saturated heterocycles. The molecule has 1 aromatic carbocycles. The monoisotopic (exact) mass is 291 g/mol. The topological polar surface area (TPSA) is 67.1 Å². The van der Waals surface area contributed by atoms with Gasteiger partial charge in [-0.25, -0.2) is 0 Å². The zero-order chi connectivity index (χ0) is 14.4. The van der Waals surface area contributed by atoms with E-state index in [0.717, 1.165) is 22.6 Å². The summed E-state index contributed by atoms with van der Waals surface area (Å²) in [7, 11) is 1.80. The maximum Gasteiger partial charge on any atom is 0.226 e. The van der Waals surface area contributed by atoms with Crippen LogP contribution in [0.1, 0.15) is 29.2 Å². The standard InChI is InChI=1S/C14H14ClN3O2/c1-7-13-9(8-3-4-11(19)10(15)5-8)6-12(20)16-14(13)18(2)17-7/h3-5,9,19H,6H2,1-2H3,(H,16,20). The van der Waals surface area contributed by atoms with Crippen molar-refractivity contribution in [3.8, 4) is 5.75 Å². The van der Waals surface area contributed by atoms with E-state index in [0.29, 0.717) is 6.42 Å². The highest BCUT2D eigenvalue weighted by atomic mass is 35.5. The van der Waals surface area contributed by atoms with Gasteiger partial charge in [0.2, 0.25) is 5.91 Å². The van der Waals surface area contributed by atoms with Gasteiger partial charge in [-0.15, -0.1) is 0 Å². The van der Waals surface area contributed by atoms with Crippen molar-refractivity contribution in [2.75, 3.05) is 5.32 Å². The van der Waals surface area contributed by atoms with Crippen LogP contribution in [0.5, 0.6) is 5.75 Å². The number of aromatic nitrogens is 2. The Morgan fingerprint density at radius 1 is 1.50 bits per heavy atom. The lowest BCUT2D eigenvalue weighted by Crippen LogP contribution is -2.24. The Bertz CT molecular complexity index is 709. The molecular weight excluding hydrogens is 278 g/mol. The zero-order valence-electron chi connectivity index (χ0n) is 11.1. The predicted octanol–water partition coefficient (Wildman–Crippen LogP) is 2.56. The summed E-state index contributed by atoms with van der Waals surface area (Å²) in [6.45, 7) is 1.92. The molecule has 20 heavy (non-hydrogen) atoms. The second kappa shape index (κ2) is 4.52. The van der Waals surface area contributed by atoms with Crippen LogP contribution in [0.25, 0.3) is 0 Å². The molecule has 1 atom stereocenters. The summed E-state index contributed by atoms with van der Waals surface area (Å²) < 4.78 is 1.68. The number of hydrogen-bond donors (Lipinski definition) is 2. The minimum absolute atomic E-state index is 0.0406. The molecule has 1 amide bonds. The molecule has 6 heteroatoms. The minimum Gasteiger partial charge on any atom is -0.506 e. The summed E-state index contributed by atoms with van der Waals surface area (Å²) in [6, 6.07) is 5.05. The molecule has 104 valence electrons. The molecule has 2 N–H and O–H groups in total. The molecule has 0 spiro atoms. The first-order valence-corrected chi connectivity index (χ1v) is 6.67. The fourth-order valence-electron chi connectivity index (χ4n) is 2.73. The first-order valence-electron chi connectivity index (χ1n) is 6.29. The third-order valence-corrected chi connectivity index (χ3v) is 3.94. The van der Waals surface area contributed by atoms with Crippen LogP contribution in [0.4, 0.5) is 5.82 Å². The Morgan fingerprint density at radius 2 is 2.25 bits per heavy atom. The van der Waals surface area contributed by atoms with Gasteiger partial charge in [0.15, 0.2) is 0 Å². The van der Waals surface area contributed by atoms with Crippen LogP contribution in [0.2, 0.25) is 5.02 Å². The van der Waals surface area contributed by atoms with Gasteiger partial charge in [0.1, 0.15) is 11.6 Å². The van der Waals surface area contributed by atoms with Crippen molar-refractivity contribution >= 4 is 23.3 Å². The Morgan fingerprint density at radius 3 is 2.95 bits per heavy atom. The van der Waals surface area contributed by atoms with Gasteiger partial charge in [-0.05, 0) is 24.6 Å². The zero-order valence-corrected chi connectivity index (χ0v) is 11.9. The fourth-order valence-corrected chi connectivity index (χ4v) is 2.92. The molecule has 0 bridgehead atoms. The minimum atomic E-state index is -0.0921. The van der Waals surface area contributed by atoms with Gasteiger partial charge < -0.3 is 10.4 Å². The highest BCUT2D eigenvalue weighted by Crippen LogP contribution is 2.40. The van der Waals surface area contributed by atoms with Gasteiger partial charge in [0.25, 0.3) is 0 Å². The lowest BCUT2D eigenvalue weighted by atomic mass is 9.86. The number of anilines is 1. The maximum atomic E-state index is 11.9. The Balaban J connectivity index is 2.15. The molecule has 2 heterocycles. The lowest BCUT2D eigenvalue weighted by molar-refractivity contribution is -0.116. The number of carbonyl (C=O) groups excluding carboxylic acids is 1. The molecule has 0 aliphatic carbocycles. The normalized spacial score (nSPS) is 17.8. The number of phenols is 1. The Kier molecular flexibility index (Phi) is 2.94. The molecule has 0 radical (unpaired) electrons. The van der Waals surface area contributed by atoms with Crippen LogP contribution in [0.3, 0.4) is 0 Å². The molecule has 2 aromatic rings. The summed E-state index contributed by atoms with van der Waals surface area (Å²) in [5, 5.41) is 17.0. The van der Waals surface area contributed by atoms with E-state index < -0.39 is 0 Å². The smallest absolute Gasteiger partial charge is 0.226 e. The first kappa shape index (κ1) is 13.0. The van der Waals surface area contributed by atoms with Gasteiger partial charge in [-0.2, -0.15) is 5.10 Å². The van der Waals surface area contributed by atoms with Crippen molar-refractivity contribution < 1.29 is 9.90 Å². The number of nitrogens with zero attached hydrogens (tertiary/aromatic N) is 2. The molecule has 1 unspecified atom stereocenters. The predicted molar refractivity (Wildman–Crippen MR) is 76.2 cm³/mol. The van der Waals surface area contributed by atoms with Gasteiger partial charge in [-0.3, -0.25) is 9.48 Å². The van der Waals surface area contributed by atoms with E-state index in [1.807, 2.05) is 6.92 Å². The lowest BCUT2D eigenvalue weighted by Gasteiger charge is -2.24. The second-order valence-electron chi connectivity index (χ2n) is 4.99. The van der Waals surface area contributed by atoms with Crippen molar-refractivity contribution in [2.45, 2.75) is 19.3 Å². The van der Waals surface area contributed by atoms with E-state index in [4.69, 9.17) is 11.6 Å². The third-order valence-electron chi connectivity index (χ3n) is 3.64. The fraction of sp³-hybridized carbons (Fsp3) is 0.286. The van der Waals surface area contributed by atoms with E-state index in [9.17, 15) is 9.90 Å². The number of fused-ring (bicyclic) bond motifs is 1. The van der Waals surface area contributed by atoms with E-state index in [1.165, 1.54) is 0 Å². The number of hydrogen-bond acceptors (Lipinski definition) is 3. The maximum absolute atomic E-state index is 11.9. The van der Waals surface area contributed by atoms with Crippen molar-refractivity contribution in [1.82, 2.24) is 9.78 Å². The molecule has 1 aliphatic rings. The third kappa shape index (κ3) is 1.94. The van der Waals surface area contributed by atoms with Crippen LogP contribution >= 0.6 is 11.6 Å². The van der Waals surface area contributed by atoms with E-state index >= 15 is 0 Å². The first-order chi connectivity index (χ1) is 9.47. The number of aromatic hydroxyl groups is 1. The molecule has 1 aromatic heterocycles. The highest BCUT2D eigenvalue weighted by molar-refractivity contribution is 6.32. The molecule has 5 nitrogen and oxygen atoms in total. The van der Waals surface area contributed by atoms with Gasteiger partial charge >= 0.3 is 0 Å². The summed E-state index contributed by atoms with van der Waals surface area (Å²) in [4.78, 5) is 11.9. The Hall–Kier alpha value is -2.01. The van der Waals surface area contributed by atoms with Crippen LogP contribution in [-0.2, 0) is 11.8 Å². The van der Waals surface area contributed by atoms with Crippen LogP contribution in [-0.4, -0.2) is 20.8 Å². The quantitative estimate of drug-likeness (QED) is 0.848. The van der Waals surface area contributed by atoms with Gasteiger partial charge in [0, 0.05) is 24.9 Å². The number of rotatable bonds is 1. The van der Waals surface area contributed by atoms with Crippen LogP contribution < -0.4 is 5.32 Å². The number of carbonyl (C=O) groups is 1. The molecule has 0 saturated carbocycles. The summed E-state index contributed by atoms with van der Waals surface area (Å²) in [5.41, 5.74) is 2.80. The number of halogens is 1. The Labute approximate surface area is 121 Å². The van der Waals surface area contributed by atoms with Crippen molar-refractivity contribution in [3.63, 3.8) is 0 Å². The van der Waals surface area contributed by atoms with Gasteiger partial charge in [0.05, 0.1) is 10.7 Å². The van der Waals surface area contributed by atoms with Crippen molar-refractivity contribution in [3.05, 3.63) is 40.0 Å². The number of amides is 1. The number of benzene rings is 1. The summed E-state index contributed by atoms with van der Waals surface area (Å²) in [6.07, 6.45) is 0.348.